The molecule has 1 aliphatic rings. The van der Waals surface area contributed by atoms with E-state index in [1.807, 2.05) is 0 Å². The molecule has 1 aromatic heterocycles. The summed E-state index contributed by atoms with van der Waals surface area (Å²) >= 11 is 0. The molecule has 1 aromatic carbocycles. The minimum Gasteiger partial charge on any atom is -0.374 e. The number of hydrogen-bond donors (Lipinski definition) is 1. The Kier molecular flexibility index (Phi) is 5.89. The summed E-state index contributed by atoms with van der Waals surface area (Å²) in [5, 5.41) is 8.30. The van der Waals surface area contributed by atoms with Gasteiger partial charge in [0.15, 0.2) is 0 Å². The molecule has 1 atom stereocenters. The molecule has 0 bridgehead atoms. The highest BCUT2D eigenvalue weighted by Gasteiger charge is 2.18. The standard InChI is InChI=1S/C20H30N4O/c1-15-5-7-18(8-6-15)13-24-17(3)20(16(2)22-24)12-21-11-19-14-23(4)9-10-25-19/h5-8,19,21H,9-14H2,1-4H3/t19-/m0/s1. The number of hydrogen-bond acceptors (Lipinski definition) is 4. The van der Waals surface area contributed by atoms with Gasteiger partial charge in [-0.1, -0.05) is 29.8 Å². The fourth-order valence-electron chi connectivity index (χ4n) is 3.36. The normalized spacial score (nSPS) is 18.6. The quantitative estimate of drug-likeness (QED) is 0.875. The molecule has 1 aliphatic heterocycles. The lowest BCUT2D eigenvalue weighted by Gasteiger charge is -2.30. The van der Waals surface area contributed by atoms with Gasteiger partial charge in [-0.25, -0.2) is 0 Å². The predicted molar refractivity (Wildman–Crippen MR) is 101 cm³/mol. The summed E-state index contributed by atoms with van der Waals surface area (Å²) in [7, 11) is 2.15. The first-order valence-electron chi connectivity index (χ1n) is 9.12. The van der Waals surface area contributed by atoms with E-state index >= 15 is 0 Å². The van der Waals surface area contributed by atoms with E-state index in [0.29, 0.717) is 0 Å². The number of aryl methyl sites for hydroxylation is 2. The highest BCUT2D eigenvalue weighted by atomic mass is 16.5. The molecule has 1 N–H and O–H groups in total. The second kappa shape index (κ2) is 8.13. The van der Waals surface area contributed by atoms with Crippen molar-refractivity contribution in [3.63, 3.8) is 0 Å². The van der Waals surface area contributed by atoms with Crippen LogP contribution in [0.1, 0.15) is 28.1 Å². The molecule has 2 aromatic rings. The van der Waals surface area contributed by atoms with Crippen molar-refractivity contribution in [1.29, 1.82) is 0 Å². The third-order valence-electron chi connectivity index (χ3n) is 5.00. The lowest BCUT2D eigenvalue weighted by Crippen LogP contribution is -2.44. The molecule has 0 unspecified atom stereocenters. The van der Waals surface area contributed by atoms with E-state index < -0.39 is 0 Å². The van der Waals surface area contributed by atoms with Gasteiger partial charge in [0.1, 0.15) is 0 Å². The molecule has 136 valence electrons. The second-order valence-corrected chi connectivity index (χ2v) is 7.18. The Balaban J connectivity index is 1.58. The maximum Gasteiger partial charge on any atom is 0.0826 e. The van der Waals surface area contributed by atoms with Gasteiger partial charge in [0.05, 0.1) is 24.9 Å². The highest BCUT2D eigenvalue weighted by Crippen LogP contribution is 2.15. The van der Waals surface area contributed by atoms with Crippen LogP contribution >= 0.6 is 0 Å². The molecule has 0 saturated carbocycles. The molecule has 25 heavy (non-hydrogen) atoms. The van der Waals surface area contributed by atoms with Crippen molar-refractivity contribution in [3.05, 3.63) is 52.3 Å². The van der Waals surface area contributed by atoms with Crippen LogP contribution in [0.4, 0.5) is 0 Å². The largest absolute Gasteiger partial charge is 0.374 e. The maximum absolute atomic E-state index is 5.82. The van der Waals surface area contributed by atoms with Crippen molar-refractivity contribution >= 4 is 0 Å². The highest BCUT2D eigenvalue weighted by molar-refractivity contribution is 5.27. The van der Waals surface area contributed by atoms with Crippen molar-refractivity contribution in [2.45, 2.75) is 40.0 Å². The van der Waals surface area contributed by atoms with Crippen molar-refractivity contribution in [3.8, 4) is 0 Å². The van der Waals surface area contributed by atoms with Gasteiger partial charge >= 0.3 is 0 Å². The number of nitrogens with one attached hydrogen (secondary N) is 1. The van der Waals surface area contributed by atoms with Gasteiger partial charge in [0.25, 0.3) is 0 Å². The Bertz CT molecular complexity index is 692. The van der Waals surface area contributed by atoms with Crippen LogP contribution in [0.25, 0.3) is 0 Å². The minimum atomic E-state index is 0.280. The van der Waals surface area contributed by atoms with E-state index in [2.05, 4.69) is 67.0 Å². The van der Waals surface area contributed by atoms with Crippen LogP contribution in [0.5, 0.6) is 0 Å². The van der Waals surface area contributed by atoms with Crippen LogP contribution in [-0.2, 0) is 17.8 Å². The molecular weight excluding hydrogens is 312 g/mol. The van der Waals surface area contributed by atoms with Crippen LogP contribution in [0, 0.1) is 20.8 Å². The zero-order valence-corrected chi connectivity index (χ0v) is 15.9. The molecule has 5 nitrogen and oxygen atoms in total. The van der Waals surface area contributed by atoms with Gasteiger partial charge in [-0.05, 0) is 33.4 Å². The number of benzene rings is 1. The third-order valence-corrected chi connectivity index (χ3v) is 5.00. The van der Waals surface area contributed by atoms with Crippen LogP contribution in [0.15, 0.2) is 24.3 Å². The molecular formula is C20H30N4O. The van der Waals surface area contributed by atoms with Crippen molar-refractivity contribution in [1.82, 2.24) is 20.0 Å². The first-order chi connectivity index (χ1) is 12.0. The maximum atomic E-state index is 5.82. The molecule has 3 rings (SSSR count). The van der Waals surface area contributed by atoms with Crippen molar-refractivity contribution < 1.29 is 4.74 Å². The monoisotopic (exact) mass is 342 g/mol. The summed E-state index contributed by atoms with van der Waals surface area (Å²) in [4.78, 5) is 2.33. The van der Waals surface area contributed by atoms with Crippen LogP contribution in [-0.4, -0.2) is 54.1 Å². The summed E-state index contributed by atoms with van der Waals surface area (Å²) in [6.07, 6.45) is 0.280. The van der Waals surface area contributed by atoms with E-state index in [-0.39, 0.29) is 6.10 Å². The summed E-state index contributed by atoms with van der Waals surface area (Å²) < 4.78 is 7.93. The summed E-state index contributed by atoms with van der Waals surface area (Å²) in [6, 6.07) is 8.68. The zero-order valence-electron chi connectivity index (χ0n) is 15.9. The van der Waals surface area contributed by atoms with Crippen LogP contribution in [0.2, 0.25) is 0 Å². The van der Waals surface area contributed by atoms with Crippen LogP contribution < -0.4 is 5.32 Å². The van der Waals surface area contributed by atoms with Gasteiger partial charge in [-0.3, -0.25) is 4.68 Å². The number of rotatable bonds is 6. The lowest BCUT2D eigenvalue weighted by molar-refractivity contribution is -0.0182. The van der Waals surface area contributed by atoms with E-state index in [0.717, 1.165) is 45.0 Å². The Hall–Kier alpha value is -1.69. The lowest BCUT2D eigenvalue weighted by atomic mass is 10.1. The molecule has 0 radical (unpaired) electrons. The Morgan fingerprint density at radius 3 is 2.68 bits per heavy atom. The molecule has 1 fully saturated rings. The SMILES string of the molecule is Cc1ccc(Cn2nc(C)c(CNC[C@H]3CN(C)CCO3)c2C)cc1. The van der Waals surface area contributed by atoms with Crippen LogP contribution in [0.3, 0.4) is 0 Å². The van der Waals surface area contributed by atoms with Gasteiger partial charge in [-0.15, -0.1) is 0 Å². The van der Waals surface area contributed by atoms with E-state index in [9.17, 15) is 0 Å². The summed E-state index contributed by atoms with van der Waals surface area (Å²) in [5.41, 5.74) is 6.23. The molecule has 2 heterocycles. The molecule has 0 spiro atoms. The van der Waals surface area contributed by atoms with Crippen molar-refractivity contribution in [2.75, 3.05) is 33.3 Å². The minimum absolute atomic E-state index is 0.280. The topological polar surface area (TPSA) is 42.3 Å². The molecule has 5 heteroatoms. The second-order valence-electron chi connectivity index (χ2n) is 7.18. The van der Waals surface area contributed by atoms with E-state index in [1.54, 1.807) is 0 Å². The predicted octanol–water partition coefficient (Wildman–Crippen LogP) is 2.28. The average molecular weight is 342 g/mol. The van der Waals surface area contributed by atoms with Gasteiger partial charge in [0.2, 0.25) is 0 Å². The zero-order chi connectivity index (χ0) is 17.8. The van der Waals surface area contributed by atoms with E-state index in [1.165, 1.54) is 22.4 Å². The molecule has 0 aliphatic carbocycles. The third kappa shape index (κ3) is 4.69. The van der Waals surface area contributed by atoms with Gasteiger partial charge in [-0.2, -0.15) is 5.10 Å². The number of morpholine rings is 1. The smallest absolute Gasteiger partial charge is 0.0826 e. The number of ether oxygens (including phenoxy) is 1. The number of nitrogens with zero attached hydrogens (tertiary/aromatic N) is 3. The van der Waals surface area contributed by atoms with E-state index in [4.69, 9.17) is 9.84 Å². The Labute approximate surface area is 151 Å². The fraction of sp³-hybridized carbons (Fsp3) is 0.550. The average Bonchev–Trinajstić information content (AvgIpc) is 2.84. The summed E-state index contributed by atoms with van der Waals surface area (Å²) in [5.74, 6) is 0. The number of likely N-dealkylation sites (N-methyl/N-ethyl adjacent to an activating group) is 1. The summed E-state index contributed by atoms with van der Waals surface area (Å²) in [6.45, 7) is 11.8. The fourth-order valence-corrected chi connectivity index (χ4v) is 3.36. The molecule has 0 amide bonds. The van der Waals surface area contributed by atoms with Crippen molar-refractivity contribution in [2.24, 2.45) is 0 Å². The first-order valence-corrected chi connectivity index (χ1v) is 9.12. The Morgan fingerprint density at radius 1 is 1.20 bits per heavy atom. The van der Waals surface area contributed by atoms with Gasteiger partial charge in [0, 0.05) is 37.4 Å². The number of aromatic nitrogens is 2. The molecule has 1 saturated heterocycles. The first kappa shape index (κ1) is 18.1. The Morgan fingerprint density at radius 2 is 1.96 bits per heavy atom. The van der Waals surface area contributed by atoms with Gasteiger partial charge < -0.3 is 15.0 Å².